The second-order valence-electron chi connectivity index (χ2n) is 21.7. The molecule has 8 rings (SSSR count). The molecular formula is C53H64F8N10O8. The summed E-state index contributed by atoms with van der Waals surface area (Å²) in [4.78, 5) is 62.8. The van der Waals surface area contributed by atoms with E-state index in [9.17, 15) is 50.6 Å². The van der Waals surface area contributed by atoms with Crippen LogP contribution in [0.3, 0.4) is 0 Å². The largest absolute Gasteiger partial charge is 0.453 e. The van der Waals surface area contributed by atoms with Crippen LogP contribution in [0.15, 0.2) is 67.0 Å². The van der Waals surface area contributed by atoms with Gasteiger partial charge < -0.3 is 40.2 Å². The lowest BCUT2D eigenvalue weighted by molar-refractivity contribution is -0.221. The summed E-state index contributed by atoms with van der Waals surface area (Å²) >= 11 is 0. The van der Waals surface area contributed by atoms with Crippen molar-refractivity contribution in [3.05, 3.63) is 89.8 Å². The lowest BCUT2D eigenvalue weighted by Crippen LogP contribution is -2.63. The van der Waals surface area contributed by atoms with E-state index in [1.807, 2.05) is 22.8 Å². The van der Waals surface area contributed by atoms with E-state index in [4.69, 9.17) is 9.72 Å². The molecule has 3 saturated heterocycles. The number of ether oxygens (including phenoxy) is 3. The molecule has 430 valence electrons. The van der Waals surface area contributed by atoms with Crippen LogP contribution in [-0.4, -0.2) is 156 Å². The van der Waals surface area contributed by atoms with Crippen LogP contribution in [0.5, 0.6) is 0 Å². The molecule has 79 heavy (non-hydrogen) atoms. The number of halogens is 8. The number of anilines is 1. The van der Waals surface area contributed by atoms with Crippen molar-refractivity contribution in [1.29, 1.82) is 0 Å². The van der Waals surface area contributed by atoms with Gasteiger partial charge >= 0.3 is 24.5 Å². The number of hydrogen-bond acceptors (Lipinski definition) is 13. The number of aliphatic hydroxyl groups excluding tert-OH is 1. The quantitative estimate of drug-likeness (QED) is 0.0456. The number of alkyl carbamates (subject to hydrolysis) is 2. The van der Waals surface area contributed by atoms with E-state index in [1.165, 1.54) is 0 Å². The van der Waals surface area contributed by atoms with Gasteiger partial charge in [0.2, 0.25) is 5.91 Å². The average molecular weight is 1120 g/mol. The zero-order valence-corrected chi connectivity index (χ0v) is 44.3. The van der Waals surface area contributed by atoms with Crippen molar-refractivity contribution in [3.8, 4) is 22.4 Å². The summed E-state index contributed by atoms with van der Waals surface area (Å²) in [5.41, 5.74) is -2.69. The monoisotopic (exact) mass is 1120 g/mol. The van der Waals surface area contributed by atoms with Gasteiger partial charge in [0.25, 0.3) is 5.91 Å². The number of carbonyl (C=O) groups excluding carboxylic acids is 4. The minimum atomic E-state index is -5.17. The first kappa shape index (κ1) is 58.5. The molecule has 1 saturated carbocycles. The number of carbonyl (C=O) groups is 4. The third kappa shape index (κ3) is 13.0. The predicted molar refractivity (Wildman–Crippen MR) is 270 cm³/mol. The Kier molecular flexibility index (Phi) is 17.2. The van der Waals surface area contributed by atoms with E-state index >= 15 is 8.78 Å². The van der Waals surface area contributed by atoms with Gasteiger partial charge in [-0.25, -0.2) is 28.4 Å². The van der Waals surface area contributed by atoms with Crippen molar-refractivity contribution < 1.29 is 73.6 Å². The highest BCUT2D eigenvalue weighted by atomic mass is 19.4. The van der Waals surface area contributed by atoms with E-state index < -0.39 is 108 Å². The van der Waals surface area contributed by atoms with Gasteiger partial charge in [-0.2, -0.15) is 31.4 Å². The van der Waals surface area contributed by atoms with Gasteiger partial charge in [0.15, 0.2) is 0 Å². The maximum absolute atomic E-state index is 16.2. The SMILES string of the molecule is COC(=O)N[C@H](C(=O)N[C@@H](Cc1ccc(-c2ccc(N3CC4CCC(C3)N4C3COC3)nc2)cc1)[C@@H](O)CN(Cc1c(F)cc(-c2ccn(C3CC3)n2)cc1F)NC(=O)[C@@H](NC(=O)OC)C(C)(C)C(F)(F)F)C(C)(C)C(F)(F)F. The number of methoxy groups -OCH3 is 2. The van der Waals surface area contributed by atoms with Crippen molar-refractivity contribution in [3.63, 3.8) is 0 Å². The lowest BCUT2D eigenvalue weighted by atomic mass is 9.82. The molecule has 2 bridgehead atoms. The summed E-state index contributed by atoms with van der Waals surface area (Å²) in [7, 11) is 1.68. The van der Waals surface area contributed by atoms with Crippen molar-refractivity contribution in [2.45, 2.75) is 127 Å². The Morgan fingerprint density at radius 3 is 1.77 bits per heavy atom. The maximum atomic E-state index is 16.2. The summed E-state index contributed by atoms with van der Waals surface area (Å²) in [6, 6.07) is 8.61. The Balaban J connectivity index is 1.09. The number of nitrogens with one attached hydrogen (secondary N) is 4. The Bertz CT molecular complexity index is 2790. The number of aromatic nitrogens is 3. The second kappa shape index (κ2) is 23.2. The van der Waals surface area contributed by atoms with Crippen LogP contribution in [-0.2, 0) is 36.8 Å². The highest BCUT2D eigenvalue weighted by Crippen LogP contribution is 2.43. The van der Waals surface area contributed by atoms with Gasteiger partial charge in [-0.05, 0) is 101 Å². The van der Waals surface area contributed by atoms with Crippen LogP contribution in [0.2, 0.25) is 0 Å². The topological polar surface area (TPSA) is 205 Å². The number of piperazine rings is 1. The predicted octanol–water partition coefficient (Wildman–Crippen LogP) is 6.82. The number of fused-ring (bicyclic) bond motifs is 2. The van der Waals surface area contributed by atoms with Crippen LogP contribution in [0, 0.1) is 22.5 Å². The fourth-order valence-electron chi connectivity index (χ4n) is 10.2. The molecule has 3 aliphatic heterocycles. The number of amides is 4. The van der Waals surface area contributed by atoms with E-state index in [0.717, 1.165) is 89.7 Å². The molecule has 4 amide bonds. The second-order valence-corrected chi connectivity index (χ2v) is 21.7. The number of aliphatic hydroxyl groups is 1. The first-order valence-electron chi connectivity index (χ1n) is 25.7. The van der Waals surface area contributed by atoms with Crippen molar-refractivity contribution in [1.82, 2.24) is 46.0 Å². The number of hydrogen-bond donors (Lipinski definition) is 5. The molecule has 2 aromatic heterocycles. The van der Waals surface area contributed by atoms with E-state index in [2.05, 4.69) is 35.1 Å². The maximum Gasteiger partial charge on any atom is 0.407 e. The van der Waals surface area contributed by atoms with Gasteiger partial charge in [-0.15, -0.1) is 0 Å². The van der Waals surface area contributed by atoms with Gasteiger partial charge in [-0.3, -0.25) is 24.6 Å². The Morgan fingerprint density at radius 1 is 0.734 bits per heavy atom. The van der Waals surface area contributed by atoms with Crippen LogP contribution < -0.4 is 26.3 Å². The molecule has 4 aliphatic rings. The molecule has 4 fully saturated rings. The molecule has 1 aliphatic carbocycles. The van der Waals surface area contributed by atoms with Gasteiger partial charge in [-0.1, -0.05) is 24.3 Å². The van der Waals surface area contributed by atoms with Gasteiger partial charge in [0, 0.05) is 67.3 Å². The molecule has 18 nitrogen and oxygen atoms in total. The number of nitrogens with zero attached hydrogens (tertiary/aromatic N) is 6. The molecule has 6 atom stereocenters. The molecule has 0 spiro atoms. The molecular weight excluding hydrogens is 1060 g/mol. The van der Waals surface area contributed by atoms with Crippen molar-refractivity contribution in [2.75, 3.05) is 52.0 Å². The van der Waals surface area contributed by atoms with Crippen molar-refractivity contribution in [2.24, 2.45) is 10.8 Å². The van der Waals surface area contributed by atoms with Crippen LogP contribution >= 0.6 is 0 Å². The Morgan fingerprint density at radius 2 is 1.28 bits per heavy atom. The van der Waals surface area contributed by atoms with Crippen LogP contribution in [0.25, 0.3) is 22.4 Å². The smallest absolute Gasteiger partial charge is 0.407 e. The third-order valence-electron chi connectivity index (χ3n) is 15.5. The fourth-order valence-corrected chi connectivity index (χ4v) is 10.2. The highest BCUT2D eigenvalue weighted by molar-refractivity contribution is 5.87. The normalized spacial score (nSPS) is 19.7. The highest BCUT2D eigenvalue weighted by Gasteiger charge is 2.57. The van der Waals surface area contributed by atoms with E-state index in [0.29, 0.717) is 62.0 Å². The molecule has 4 aromatic rings. The number of benzene rings is 2. The summed E-state index contributed by atoms with van der Waals surface area (Å²) in [6.45, 7) is 3.57. The van der Waals surface area contributed by atoms with Gasteiger partial charge in [0.05, 0.1) is 68.2 Å². The summed E-state index contributed by atoms with van der Waals surface area (Å²) in [5, 5.41) is 23.3. The molecule has 2 unspecified atom stereocenters. The zero-order chi connectivity index (χ0) is 57.4. The van der Waals surface area contributed by atoms with Crippen molar-refractivity contribution >= 4 is 29.8 Å². The summed E-state index contributed by atoms with van der Waals surface area (Å²) in [5.74, 6) is -4.70. The first-order chi connectivity index (χ1) is 37.2. The minimum absolute atomic E-state index is 0.0121. The Labute approximate surface area is 450 Å². The number of alkyl halides is 6. The average Bonchev–Trinajstić information content (AvgIpc) is 4.25. The summed E-state index contributed by atoms with van der Waals surface area (Å²) in [6.07, 6.45) is -8.37. The first-order valence-corrected chi connectivity index (χ1v) is 25.7. The summed E-state index contributed by atoms with van der Waals surface area (Å²) < 4.78 is 136. The zero-order valence-electron chi connectivity index (χ0n) is 44.3. The molecule has 5 N–H and O–H groups in total. The number of hydrazine groups is 1. The molecule has 2 aromatic carbocycles. The number of pyridine rings is 1. The van der Waals surface area contributed by atoms with Crippen LogP contribution in [0.1, 0.15) is 70.5 Å². The lowest BCUT2D eigenvalue weighted by Gasteiger charge is -2.48. The standard InChI is InChI=1S/C53H64F8N10O8/c1-50(2,52(56,57)58)44(64-48(75)77-5)46(73)63-41(19-29-7-9-30(10-8-29)31-11-16-43(62-22-31)68-23-34-14-15-35(24-68)71(34)36-27-79-28-36)42(72)26-69(67-47(74)45(65-49(76)78-6)51(3,4)53(59,60)61)25-37-38(54)20-32(21-39(37)55)40-17-18-70(66-40)33-12-13-33/h7-11,16-18,20-22,33-36,41-42,44-45,72H,12-15,19,23-28H2,1-6H3,(H,63,73)(H,64,75)(H,65,76)(H,67,74)/t34?,35?,41-,42-,44+,45+/m0/s1. The van der Waals surface area contributed by atoms with E-state index in [-0.39, 0.29) is 17.3 Å². The molecule has 26 heteroatoms. The van der Waals surface area contributed by atoms with Crippen LogP contribution in [0.4, 0.5) is 50.5 Å². The third-order valence-corrected chi connectivity index (χ3v) is 15.5. The van der Waals surface area contributed by atoms with E-state index in [1.54, 1.807) is 47.4 Å². The Hall–Kier alpha value is -6.64. The number of rotatable bonds is 20. The fraction of sp³-hybridized carbons (Fsp3) is 0.547. The van der Waals surface area contributed by atoms with Gasteiger partial charge in [0.1, 0.15) is 29.5 Å². The minimum Gasteiger partial charge on any atom is -0.453 e. The molecule has 5 heterocycles. The molecule has 0 radical (unpaired) electrons.